The molecule has 0 bridgehead atoms. The Morgan fingerprint density at radius 1 is 1.04 bits per heavy atom. The largest absolute Gasteiger partial charge is 0.277 e. The second-order valence-electron chi connectivity index (χ2n) is 4.74. The van der Waals surface area contributed by atoms with Crippen LogP contribution in [0.1, 0.15) is 0 Å². The predicted octanol–water partition coefficient (Wildman–Crippen LogP) is 2.94. The number of para-hydroxylation sites is 1. The van der Waals surface area contributed by atoms with Gasteiger partial charge in [0.25, 0.3) is 15.7 Å². The number of rotatable bonds is 4. The molecule has 0 radical (unpaired) electrons. The molecule has 8 heteroatoms. The average Bonchev–Trinajstić information content (AvgIpc) is 2.55. The minimum atomic E-state index is -3.96. The summed E-state index contributed by atoms with van der Waals surface area (Å²) >= 11 is 0. The minimum absolute atomic E-state index is 0.181. The van der Waals surface area contributed by atoms with Crippen molar-refractivity contribution in [3.8, 4) is 0 Å². The van der Waals surface area contributed by atoms with Crippen LogP contribution in [0.2, 0.25) is 0 Å². The van der Waals surface area contributed by atoms with Crippen LogP contribution in [0.25, 0.3) is 10.9 Å². The summed E-state index contributed by atoms with van der Waals surface area (Å²) in [6, 6.07) is 13.5. The number of aromatic nitrogens is 1. The third kappa shape index (κ3) is 2.97. The van der Waals surface area contributed by atoms with Crippen LogP contribution in [-0.4, -0.2) is 18.3 Å². The van der Waals surface area contributed by atoms with Gasteiger partial charge in [-0.1, -0.05) is 24.3 Å². The van der Waals surface area contributed by atoms with E-state index in [2.05, 4.69) is 9.71 Å². The van der Waals surface area contributed by atoms with Gasteiger partial charge in [0.05, 0.1) is 21.0 Å². The number of non-ortho nitro benzene ring substituents is 1. The van der Waals surface area contributed by atoms with E-state index in [1.54, 1.807) is 24.4 Å². The number of nitrogens with one attached hydrogen (secondary N) is 1. The highest BCUT2D eigenvalue weighted by Gasteiger charge is 2.18. The molecule has 0 amide bonds. The van der Waals surface area contributed by atoms with Gasteiger partial charge in [-0.2, -0.15) is 0 Å². The van der Waals surface area contributed by atoms with Crippen LogP contribution in [0.4, 0.5) is 11.4 Å². The Hall–Kier alpha value is -3.00. The van der Waals surface area contributed by atoms with Crippen LogP contribution in [0, 0.1) is 10.1 Å². The minimum Gasteiger partial charge on any atom is -0.277 e. The molecule has 23 heavy (non-hydrogen) atoms. The highest BCUT2D eigenvalue weighted by molar-refractivity contribution is 7.92. The molecule has 3 aromatic rings. The Balaban J connectivity index is 2.04. The van der Waals surface area contributed by atoms with Crippen molar-refractivity contribution in [3.63, 3.8) is 0 Å². The third-order valence-corrected chi connectivity index (χ3v) is 4.58. The summed E-state index contributed by atoms with van der Waals surface area (Å²) in [7, 11) is -3.96. The molecule has 116 valence electrons. The number of pyridine rings is 1. The molecule has 7 nitrogen and oxygen atoms in total. The number of nitro benzene ring substituents is 1. The van der Waals surface area contributed by atoms with E-state index < -0.39 is 14.9 Å². The van der Waals surface area contributed by atoms with Gasteiger partial charge in [0.15, 0.2) is 0 Å². The van der Waals surface area contributed by atoms with Gasteiger partial charge < -0.3 is 0 Å². The molecule has 2 aromatic carbocycles. The second-order valence-corrected chi connectivity index (χ2v) is 6.42. The first kappa shape index (κ1) is 14.9. The predicted molar refractivity (Wildman–Crippen MR) is 85.6 cm³/mol. The summed E-state index contributed by atoms with van der Waals surface area (Å²) in [6.07, 6.45) is 1.56. The second kappa shape index (κ2) is 5.65. The molecule has 0 saturated carbocycles. The lowest BCUT2D eigenvalue weighted by atomic mass is 10.2. The Morgan fingerprint density at radius 3 is 2.57 bits per heavy atom. The van der Waals surface area contributed by atoms with Crippen LogP contribution in [0.15, 0.2) is 65.7 Å². The number of benzene rings is 2. The summed E-state index contributed by atoms with van der Waals surface area (Å²) in [5.74, 6) is 0. The molecule has 1 heterocycles. The molecule has 1 aromatic heterocycles. The van der Waals surface area contributed by atoms with Crippen molar-refractivity contribution < 1.29 is 13.3 Å². The monoisotopic (exact) mass is 329 g/mol. The molecule has 0 atom stereocenters. The third-order valence-electron chi connectivity index (χ3n) is 3.22. The van der Waals surface area contributed by atoms with Gasteiger partial charge in [-0.05, 0) is 18.2 Å². The summed E-state index contributed by atoms with van der Waals surface area (Å²) < 4.78 is 27.3. The fourth-order valence-electron chi connectivity index (χ4n) is 2.15. The first-order valence-corrected chi connectivity index (χ1v) is 8.07. The topological polar surface area (TPSA) is 102 Å². The van der Waals surface area contributed by atoms with Crippen LogP contribution in [0.5, 0.6) is 0 Å². The van der Waals surface area contributed by atoms with E-state index >= 15 is 0 Å². The van der Waals surface area contributed by atoms with E-state index in [0.29, 0.717) is 11.2 Å². The van der Waals surface area contributed by atoms with Crippen molar-refractivity contribution in [2.45, 2.75) is 4.90 Å². The first-order chi connectivity index (χ1) is 11.0. The maximum absolute atomic E-state index is 12.5. The summed E-state index contributed by atoms with van der Waals surface area (Å²) in [4.78, 5) is 14.1. The molecule has 0 saturated heterocycles. The summed E-state index contributed by atoms with van der Waals surface area (Å²) in [5, 5.41) is 11.6. The Morgan fingerprint density at radius 2 is 1.78 bits per heavy atom. The zero-order chi connectivity index (χ0) is 16.4. The molecule has 0 unspecified atom stereocenters. The molecular weight excluding hydrogens is 318 g/mol. The maximum atomic E-state index is 12.5. The Kier molecular flexibility index (Phi) is 3.67. The lowest BCUT2D eigenvalue weighted by Crippen LogP contribution is -2.13. The van der Waals surface area contributed by atoms with E-state index in [9.17, 15) is 18.5 Å². The van der Waals surface area contributed by atoms with Gasteiger partial charge in [-0.25, -0.2) is 8.42 Å². The zero-order valence-corrected chi connectivity index (χ0v) is 12.5. The van der Waals surface area contributed by atoms with Gasteiger partial charge in [0, 0.05) is 23.7 Å². The lowest BCUT2D eigenvalue weighted by Gasteiger charge is -2.10. The van der Waals surface area contributed by atoms with Gasteiger partial charge in [-0.15, -0.1) is 0 Å². The van der Waals surface area contributed by atoms with Crippen LogP contribution >= 0.6 is 0 Å². The fourth-order valence-corrected chi connectivity index (χ4v) is 3.26. The van der Waals surface area contributed by atoms with Gasteiger partial charge in [0.1, 0.15) is 0 Å². The number of hydrogen-bond donors (Lipinski definition) is 1. The maximum Gasteiger partial charge on any atom is 0.270 e. The molecule has 3 rings (SSSR count). The molecule has 1 N–H and O–H groups in total. The SMILES string of the molecule is O=[N+]([O-])c1cccc(S(=O)(=O)Nc2cccc3cccnc23)c1. The van der Waals surface area contributed by atoms with Crippen LogP contribution in [-0.2, 0) is 10.0 Å². The molecule has 0 aliphatic heterocycles. The van der Waals surface area contributed by atoms with Crippen molar-refractivity contribution in [2.75, 3.05) is 4.72 Å². The average molecular weight is 329 g/mol. The number of nitro groups is 1. The highest BCUT2D eigenvalue weighted by atomic mass is 32.2. The molecule has 0 aliphatic carbocycles. The van der Waals surface area contributed by atoms with E-state index in [-0.39, 0.29) is 10.6 Å². The normalized spacial score (nSPS) is 11.3. The van der Waals surface area contributed by atoms with E-state index in [4.69, 9.17) is 0 Å². The summed E-state index contributed by atoms with van der Waals surface area (Å²) in [5.41, 5.74) is 0.530. The summed E-state index contributed by atoms with van der Waals surface area (Å²) in [6.45, 7) is 0. The van der Waals surface area contributed by atoms with Crippen molar-refractivity contribution >= 4 is 32.3 Å². The van der Waals surface area contributed by atoms with E-state index in [1.807, 2.05) is 12.1 Å². The van der Waals surface area contributed by atoms with Gasteiger partial charge >= 0.3 is 0 Å². The van der Waals surface area contributed by atoms with E-state index in [1.165, 1.54) is 18.2 Å². The van der Waals surface area contributed by atoms with Crippen molar-refractivity contribution in [2.24, 2.45) is 0 Å². The van der Waals surface area contributed by atoms with Crippen LogP contribution < -0.4 is 4.72 Å². The standard InChI is InChI=1S/C15H11N3O4S/c19-18(20)12-6-2-7-13(10-12)23(21,22)17-14-8-1-4-11-5-3-9-16-15(11)14/h1-10,17H. The number of anilines is 1. The first-order valence-electron chi connectivity index (χ1n) is 6.58. The molecule has 0 spiro atoms. The van der Waals surface area contributed by atoms with Crippen molar-refractivity contribution in [1.82, 2.24) is 4.98 Å². The number of fused-ring (bicyclic) bond motifs is 1. The lowest BCUT2D eigenvalue weighted by molar-refractivity contribution is -0.385. The Bertz CT molecular complexity index is 997. The van der Waals surface area contributed by atoms with E-state index in [0.717, 1.165) is 11.5 Å². The smallest absolute Gasteiger partial charge is 0.270 e. The molecule has 0 aliphatic rings. The van der Waals surface area contributed by atoms with Crippen molar-refractivity contribution in [3.05, 3.63) is 70.9 Å². The number of sulfonamides is 1. The van der Waals surface area contributed by atoms with Crippen LogP contribution in [0.3, 0.4) is 0 Å². The quantitative estimate of drug-likeness (QED) is 0.585. The van der Waals surface area contributed by atoms with Gasteiger partial charge in [0.2, 0.25) is 0 Å². The fraction of sp³-hybridized carbons (Fsp3) is 0. The Labute approximate surface area is 131 Å². The molecule has 0 fully saturated rings. The number of nitrogens with zero attached hydrogens (tertiary/aromatic N) is 2. The highest BCUT2D eigenvalue weighted by Crippen LogP contribution is 2.25. The molecular formula is C15H11N3O4S. The van der Waals surface area contributed by atoms with Gasteiger partial charge in [-0.3, -0.25) is 19.8 Å². The van der Waals surface area contributed by atoms with Crippen molar-refractivity contribution in [1.29, 1.82) is 0 Å². The zero-order valence-electron chi connectivity index (χ0n) is 11.7. The number of hydrogen-bond acceptors (Lipinski definition) is 5.